The molecule has 2 bridgehead atoms. The zero-order valence-corrected chi connectivity index (χ0v) is 21.9. The summed E-state index contributed by atoms with van der Waals surface area (Å²) in [6.45, 7) is 3.26. The van der Waals surface area contributed by atoms with Crippen LogP contribution in [0.3, 0.4) is 0 Å². The van der Waals surface area contributed by atoms with Gasteiger partial charge < -0.3 is 15.6 Å². The molecule has 5 rings (SSSR count). The van der Waals surface area contributed by atoms with Crippen LogP contribution in [0, 0.1) is 17.6 Å². The Morgan fingerprint density at radius 1 is 1.10 bits per heavy atom. The first kappa shape index (κ1) is 26.2. The molecule has 0 saturated heterocycles. The highest BCUT2D eigenvalue weighted by Gasteiger charge is 2.20. The van der Waals surface area contributed by atoms with Crippen LogP contribution in [-0.2, 0) is 9.59 Å². The molecule has 2 aromatic carbocycles. The summed E-state index contributed by atoms with van der Waals surface area (Å²) in [5.41, 5.74) is 3.66. The van der Waals surface area contributed by atoms with E-state index in [2.05, 4.69) is 25.6 Å². The number of carbonyl (C=O) groups is 2. The number of aromatic amines is 1. The highest BCUT2D eigenvalue weighted by molar-refractivity contribution is 6.31. The third kappa shape index (κ3) is 5.44. The Balaban J connectivity index is 1.56. The molecule has 0 spiro atoms. The number of hydrogen-bond donors (Lipinski definition) is 3. The Bertz CT molecular complexity index is 1610. The number of imidazole rings is 1. The molecule has 3 heterocycles. The number of nitrogens with zero attached hydrogens (tertiary/aromatic N) is 2. The molecule has 0 saturated carbocycles. The number of amides is 2. The van der Waals surface area contributed by atoms with Crippen LogP contribution in [0.15, 0.2) is 60.9 Å². The molecule has 0 fully saturated rings. The molecule has 2 amide bonds. The minimum atomic E-state index is -0.847. The summed E-state index contributed by atoms with van der Waals surface area (Å²) in [4.78, 5) is 36.9. The minimum Gasteiger partial charge on any atom is -0.338 e. The molecule has 4 aromatic rings. The van der Waals surface area contributed by atoms with Crippen molar-refractivity contribution in [2.45, 2.75) is 26.7 Å². The predicted molar refractivity (Wildman–Crippen MR) is 147 cm³/mol. The lowest BCUT2D eigenvalue weighted by atomic mass is 10.00. The maximum absolute atomic E-state index is 14.6. The molecule has 0 radical (unpaired) electrons. The van der Waals surface area contributed by atoms with Gasteiger partial charge in [-0.3, -0.25) is 14.6 Å². The second-order valence-corrected chi connectivity index (χ2v) is 9.73. The number of fused-ring (bicyclic) bond motifs is 4. The number of anilines is 2. The number of aromatic nitrogens is 3. The fourth-order valence-electron chi connectivity index (χ4n) is 4.44. The summed E-state index contributed by atoms with van der Waals surface area (Å²) < 4.78 is 29.0. The number of hydrogen-bond acceptors (Lipinski definition) is 4. The Hall–Kier alpha value is -4.37. The lowest BCUT2D eigenvalue weighted by Crippen LogP contribution is -2.21. The number of rotatable bonds is 3. The van der Waals surface area contributed by atoms with E-state index in [1.54, 1.807) is 36.5 Å². The molecule has 1 unspecified atom stereocenters. The zero-order chi connectivity index (χ0) is 27.7. The van der Waals surface area contributed by atoms with E-state index in [1.165, 1.54) is 19.2 Å². The molecule has 2 aromatic heterocycles. The van der Waals surface area contributed by atoms with Gasteiger partial charge in [-0.25, -0.2) is 13.8 Å². The first-order valence-corrected chi connectivity index (χ1v) is 12.7. The van der Waals surface area contributed by atoms with E-state index in [4.69, 9.17) is 11.6 Å². The molecule has 7 nitrogen and oxygen atoms in total. The van der Waals surface area contributed by atoms with Gasteiger partial charge in [-0.05, 0) is 49.2 Å². The third-order valence-electron chi connectivity index (χ3n) is 6.49. The summed E-state index contributed by atoms with van der Waals surface area (Å²) >= 11 is 5.86. The van der Waals surface area contributed by atoms with Gasteiger partial charge in [0.25, 0.3) is 0 Å². The van der Waals surface area contributed by atoms with Crippen LogP contribution in [0.25, 0.3) is 28.0 Å². The third-order valence-corrected chi connectivity index (χ3v) is 6.78. The van der Waals surface area contributed by atoms with Crippen molar-refractivity contribution in [2.75, 3.05) is 10.6 Å². The molecular weight excluding hydrogens is 524 g/mol. The van der Waals surface area contributed by atoms with Crippen molar-refractivity contribution in [1.82, 2.24) is 15.0 Å². The molecular formula is C29H24ClF2N5O2. The number of halogens is 3. The number of H-pyrrole nitrogens is 1. The molecule has 1 atom stereocenters. The van der Waals surface area contributed by atoms with Crippen molar-refractivity contribution in [3.8, 4) is 22.4 Å². The number of allylic oxidation sites excluding steroid dienone is 1. The Kier molecular flexibility index (Phi) is 7.26. The molecule has 1 aliphatic rings. The number of carbonyl (C=O) groups excluding carboxylic acids is 2. The van der Waals surface area contributed by atoms with Crippen molar-refractivity contribution in [3.05, 3.63) is 89.1 Å². The van der Waals surface area contributed by atoms with E-state index in [0.717, 1.165) is 6.07 Å². The lowest BCUT2D eigenvalue weighted by molar-refractivity contribution is -0.119. The van der Waals surface area contributed by atoms with Crippen molar-refractivity contribution in [2.24, 2.45) is 5.92 Å². The van der Waals surface area contributed by atoms with Crippen LogP contribution in [0.2, 0.25) is 5.02 Å². The van der Waals surface area contributed by atoms with E-state index in [9.17, 15) is 18.4 Å². The van der Waals surface area contributed by atoms with Crippen molar-refractivity contribution in [3.63, 3.8) is 0 Å². The van der Waals surface area contributed by atoms with Gasteiger partial charge in [-0.2, -0.15) is 0 Å². The number of pyridine rings is 1. The second-order valence-electron chi connectivity index (χ2n) is 9.32. The second kappa shape index (κ2) is 10.8. The van der Waals surface area contributed by atoms with Crippen LogP contribution in [0.1, 0.15) is 38.2 Å². The van der Waals surface area contributed by atoms with Gasteiger partial charge in [0.1, 0.15) is 11.6 Å². The number of nitrogens with one attached hydrogen (secondary N) is 3. The fraction of sp³-hybridized carbons (Fsp3) is 0.172. The molecule has 3 N–H and O–H groups in total. The summed E-state index contributed by atoms with van der Waals surface area (Å²) in [6.07, 6.45) is 6.10. The van der Waals surface area contributed by atoms with E-state index in [-0.39, 0.29) is 33.9 Å². The standard InChI is InChI=1S/C29H24ClF2N5O2/c1-15-4-3-5-20(23-11-6-17(13-33-23)26-22(31)10-9-21(30)27(26)32)28-34-14-25(36-28)19-8-7-18(35-16(2)38)12-24(19)37-29(15)39/h5-15H,3-4H2,1-2H3,(H,34,36)(H,35,38)(H,37,39)/b20-5-. The largest absolute Gasteiger partial charge is 0.338 e. The normalized spacial score (nSPS) is 16.7. The summed E-state index contributed by atoms with van der Waals surface area (Å²) in [5.74, 6) is -1.72. The van der Waals surface area contributed by atoms with E-state index >= 15 is 0 Å². The number of benzene rings is 2. The zero-order valence-electron chi connectivity index (χ0n) is 21.1. The monoisotopic (exact) mass is 547 g/mol. The van der Waals surface area contributed by atoms with Crippen molar-refractivity contribution < 1.29 is 18.4 Å². The Morgan fingerprint density at radius 2 is 1.92 bits per heavy atom. The SMILES string of the molecule is CC(=O)Nc1ccc2c(c1)NC(=O)C(C)CC/C=C(/c1ccc(-c3c(F)ccc(Cl)c3F)cn1)c1ncc-2[nH]1. The molecule has 1 aliphatic heterocycles. The minimum absolute atomic E-state index is 0.153. The first-order valence-electron chi connectivity index (χ1n) is 12.3. The summed E-state index contributed by atoms with van der Waals surface area (Å²) in [7, 11) is 0. The van der Waals surface area contributed by atoms with Crippen LogP contribution in [0.4, 0.5) is 20.2 Å². The Morgan fingerprint density at radius 3 is 2.67 bits per heavy atom. The molecule has 39 heavy (non-hydrogen) atoms. The van der Waals surface area contributed by atoms with Gasteiger partial charge in [0.15, 0.2) is 5.82 Å². The van der Waals surface area contributed by atoms with Gasteiger partial charge in [-0.1, -0.05) is 30.7 Å². The van der Waals surface area contributed by atoms with Crippen LogP contribution >= 0.6 is 11.6 Å². The average molecular weight is 548 g/mol. The van der Waals surface area contributed by atoms with Gasteiger partial charge >= 0.3 is 0 Å². The smallest absolute Gasteiger partial charge is 0.227 e. The molecule has 10 heteroatoms. The summed E-state index contributed by atoms with van der Waals surface area (Å²) in [5, 5.41) is 5.53. The van der Waals surface area contributed by atoms with Gasteiger partial charge in [0, 0.05) is 41.4 Å². The van der Waals surface area contributed by atoms with E-state index < -0.39 is 11.6 Å². The van der Waals surface area contributed by atoms with Crippen LogP contribution in [0.5, 0.6) is 0 Å². The first-order chi connectivity index (χ1) is 18.7. The topological polar surface area (TPSA) is 99.8 Å². The maximum Gasteiger partial charge on any atom is 0.227 e. The summed E-state index contributed by atoms with van der Waals surface area (Å²) in [6, 6.07) is 10.8. The van der Waals surface area contributed by atoms with E-state index in [0.29, 0.717) is 52.6 Å². The molecule has 198 valence electrons. The van der Waals surface area contributed by atoms with Crippen LogP contribution < -0.4 is 10.6 Å². The Labute approximate surface area is 228 Å². The van der Waals surface area contributed by atoms with Gasteiger partial charge in [-0.15, -0.1) is 0 Å². The maximum atomic E-state index is 14.6. The molecule has 0 aliphatic carbocycles. The lowest BCUT2D eigenvalue weighted by Gasteiger charge is -2.16. The quantitative estimate of drug-likeness (QED) is 0.245. The van der Waals surface area contributed by atoms with Crippen molar-refractivity contribution >= 4 is 40.4 Å². The van der Waals surface area contributed by atoms with Gasteiger partial charge in [0.05, 0.1) is 33.9 Å². The highest BCUT2D eigenvalue weighted by Crippen LogP contribution is 2.34. The van der Waals surface area contributed by atoms with E-state index in [1.807, 2.05) is 13.0 Å². The van der Waals surface area contributed by atoms with Gasteiger partial charge in [0.2, 0.25) is 11.8 Å². The fourth-order valence-corrected chi connectivity index (χ4v) is 4.60. The highest BCUT2D eigenvalue weighted by atomic mass is 35.5. The van der Waals surface area contributed by atoms with Crippen molar-refractivity contribution in [1.29, 1.82) is 0 Å². The predicted octanol–water partition coefficient (Wildman–Crippen LogP) is 6.83. The van der Waals surface area contributed by atoms with Crippen LogP contribution in [-0.4, -0.2) is 26.8 Å². The average Bonchev–Trinajstić information content (AvgIpc) is 3.38.